The van der Waals surface area contributed by atoms with E-state index in [9.17, 15) is 0 Å². The summed E-state index contributed by atoms with van der Waals surface area (Å²) in [6.45, 7) is 2.13. The number of nitrogens with two attached hydrogens (primary N) is 1. The van der Waals surface area contributed by atoms with Crippen LogP contribution in [0.1, 0.15) is 16.7 Å². The fraction of sp³-hybridized carbons (Fsp3) is 0.294. The lowest BCUT2D eigenvalue weighted by molar-refractivity contribution is 0.414. The van der Waals surface area contributed by atoms with E-state index < -0.39 is 0 Å². The molecule has 1 atom stereocenters. The predicted octanol–water partition coefficient (Wildman–Crippen LogP) is 3.12. The van der Waals surface area contributed by atoms with Crippen LogP contribution in [0.25, 0.3) is 0 Å². The van der Waals surface area contributed by atoms with Gasteiger partial charge in [0.1, 0.15) is 5.75 Å². The molecule has 2 N–H and O–H groups in total. The van der Waals surface area contributed by atoms with Crippen LogP contribution in [0, 0.1) is 6.92 Å². The van der Waals surface area contributed by atoms with Gasteiger partial charge < -0.3 is 10.5 Å². The Balaban J connectivity index is 2.01. The lowest BCUT2D eigenvalue weighted by atomic mass is 9.97. The fourth-order valence-corrected chi connectivity index (χ4v) is 2.30. The minimum atomic E-state index is 0.133. The quantitative estimate of drug-likeness (QED) is 0.891. The van der Waals surface area contributed by atoms with Crippen molar-refractivity contribution in [3.63, 3.8) is 0 Å². The van der Waals surface area contributed by atoms with E-state index in [0.717, 1.165) is 18.6 Å². The maximum absolute atomic E-state index is 6.26. The molecule has 0 aliphatic rings. The van der Waals surface area contributed by atoms with Crippen molar-refractivity contribution in [2.75, 3.05) is 7.11 Å². The molecule has 0 fully saturated rings. The monoisotopic (exact) mass is 255 g/mol. The first-order chi connectivity index (χ1) is 9.19. The molecular weight excluding hydrogens is 234 g/mol. The third-order valence-electron chi connectivity index (χ3n) is 3.38. The first-order valence-electron chi connectivity index (χ1n) is 6.62. The van der Waals surface area contributed by atoms with Crippen molar-refractivity contribution in [2.45, 2.75) is 25.8 Å². The third kappa shape index (κ3) is 3.83. The van der Waals surface area contributed by atoms with Gasteiger partial charge in [-0.3, -0.25) is 0 Å². The Morgan fingerprint density at radius 2 is 1.84 bits per heavy atom. The Morgan fingerprint density at radius 3 is 2.58 bits per heavy atom. The zero-order valence-electron chi connectivity index (χ0n) is 11.6. The Morgan fingerprint density at radius 1 is 1.05 bits per heavy atom. The summed E-state index contributed by atoms with van der Waals surface area (Å²) in [5.74, 6) is 0.889. The molecule has 0 spiro atoms. The number of methoxy groups -OCH3 is 1. The van der Waals surface area contributed by atoms with E-state index in [1.165, 1.54) is 16.7 Å². The molecule has 0 amide bonds. The Labute approximate surface area is 115 Å². The van der Waals surface area contributed by atoms with Crippen LogP contribution in [0.5, 0.6) is 5.75 Å². The standard InChI is InChI=1S/C17H21NO/c1-13-6-3-4-8-15(13)12-16(18)10-14-7-5-9-17(11-14)19-2/h3-9,11,16H,10,12,18H2,1-2H3. The Kier molecular flexibility index (Phi) is 4.58. The van der Waals surface area contributed by atoms with Gasteiger partial charge in [-0.1, -0.05) is 36.4 Å². The number of ether oxygens (including phenoxy) is 1. The third-order valence-corrected chi connectivity index (χ3v) is 3.38. The van der Waals surface area contributed by atoms with Crippen molar-refractivity contribution in [1.82, 2.24) is 0 Å². The van der Waals surface area contributed by atoms with Gasteiger partial charge in [-0.15, -0.1) is 0 Å². The zero-order valence-corrected chi connectivity index (χ0v) is 11.6. The zero-order chi connectivity index (χ0) is 13.7. The number of hydrogen-bond donors (Lipinski definition) is 1. The van der Waals surface area contributed by atoms with Gasteiger partial charge in [0.25, 0.3) is 0 Å². The van der Waals surface area contributed by atoms with Crippen molar-refractivity contribution in [3.8, 4) is 5.75 Å². The van der Waals surface area contributed by atoms with Crippen molar-refractivity contribution in [3.05, 3.63) is 65.2 Å². The second-order valence-corrected chi connectivity index (χ2v) is 4.95. The van der Waals surface area contributed by atoms with Gasteiger partial charge in [-0.25, -0.2) is 0 Å². The van der Waals surface area contributed by atoms with E-state index in [2.05, 4.69) is 43.3 Å². The first-order valence-corrected chi connectivity index (χ1v) is 6.62. The van der Waals surface area contributed by atoms with E-state index in [0.29, 0.717) is 0 Å². The summed E-state index contributed by atoms with van der Waals surface area (Å²) in [4.78, 5) is 0. The number of aryl methyl sites for hydroxylation is 1. The van der Waals surface area contributed by atoms with Gasteiger partial charge in [-0.05, 0) is 48.6 Å². The van der Waals surface area contributed by atoms with Gasteiger partial charge in [0.2, 0.25) is 0 Å². The van der Waals surface area contributed by atoms with Crippen LogP contribution in [-0.2, 0) is 12.8 Å². The molecule has 2 nitrogen and oxygen atoms in total. The van der Waals surface area contributed by atoms with Crippen molar-refractivity contribution in [2.24, 2.45) is 5.73 Å². The molecule has 19 heavy (non-hydrogen) atoms. The molecule has 0 aliphatic carbocycles. The molecule has 100 valence electrons. The summed E-state index contributed by atoms with van der Waals surface area (Å²) in [5.41, 5.74) is 10.1. The lowest BCUT2D eigenvalue weighted by Gasteiger charge is -2.14. The molecule has 0 saturated carbocycles. The minimum Gasteiger partial charge on any atom is -0.497 e. The van der Waals surface area contributed by atoms with Crippen LogP contribution in [0.2, 0.25) is 0 Å². The summed E-state index contributed by atoms with van der Waals surface area (Å²) in [6, 6.07) is 16.7. The van der Waals surface area contributed by atoms with Gasteiger partial charge in [0.05, 0.1) is 7.11 Å². The summed E-state index contributed by atoms with van der Waals surface area (Å²) < 4.78 is 5.23. The molecule has 0 heterocycles. The first kappa shape index (κ1) is 13.6. The van der Waals surface area contributed by atoms with Gasteiger partial charge >= 0.3 is 0 Å². The van der Waals surface area contributed by atoms with Crippen molar-refractivity contribution < 1.29 is 4.74 Å². The molecule has 0 radical (unpaired) electrons. The molecule has 2 heteroatoms. The second-order valence-electron chi connectivity index (χ2n) is 4.95. The van der Waals surface area contributed by atoms with E-state index in [-0.39, 0.29) is 6.04 Å². The molecule has 0 aliphatic heterocycles. The normalized spacial score (nSPS) is 12.2. The molecule has 2 aromatic rings. The maximum Gasteiger partial charge on any atom is 0.119 e. The highest BCUT2D eigenvalue weighted by atomic mass is 16.5. The molecule has 2 aromatic carbocycles. The van der Waals surface area contributed by atoms with Crippen molar-refractivity contribution in [1.29, 1.82) is 0 Å². The number of hydrogen-bond acceptors (Lipinski definition) is 2. The van der Waals surface area contributed by atoms with Gasteiger partial charge in [0.15, 0.2) is 0 Å². The highest BCUT2D eigenvalue weighted by Gasteiger charge is 2.07. The molecule has 0 bridgehead atoms. The van der Waals surface area contributed by atoms with Crippen molar-refractivity contribution >= 4 is 0 Å². The fourth-order valence-electron chi connectivity index (χ4n) is 2.30. The molecular formula is C17H21NO. The van der Waals surface area contributed by atoms with Gasteiger partial charge in [0, 0.05) is 6.04 Å². The summed E-state index contributed by atoms with van der Waals surface area (Å²) in [6.07, 6.45) is 1.77. The average Bonchev–Trinajstić information content (AvgIpc) is 2.41. The average molecular weight is 255 g/mol. The summed E-state index contributed by atoms with van der Waals surface area (Å²) in [7, 11) is 1.69. The Bertz CT molecular complexity index is 536. The topological polar surface area (TPSA) is 35.2 Å². The summed E-state index contributed by atoms with van der Waals surface area (Å²) in [5, 5.41) is 0. The van der Waals surface area contributed by atoms with E-state index in [1.807, 2.05) is 12.1 Å². The molecule has 0 aromatic heterocycles. The van der Waals surface area contributed by atoms with Crippen LogP contribution in [0.15, 0.2) is 48.5 Å². The van der Waals surface area contributed by atoms with Crippen LogP contribution < -0.4 is 10.5 Å². The maximum atomic E-state index is 6.26. The van der Waals surface area contributed by atoms with Gasteiger partial charge in [-0.2, -0.15) is 0 Å². The van der Waals surface area contributed by atoms with E-state index in [1.54, 1.807) is 7.11 Å². The van der Waals surface area contributed by atoms with Crippen LogP contribution in [0.4, 0.5) is 0 Å². The molecule has 2 rings (SSSR count). The van der Waals surface area contributed by atoms with Crippen LogP contribution in [0.3, 0.4) is 0 Å². The largest absolute Gasteiger partial charge is 0.497 e. The van der Waals surface area contributed by atoms with Crippen LogP contribution >= 0.6 is 0 Å². The SMILES string of the molecule is COc1cccc(CC(N)Cc2ccccc2C)c1. The predicted molar refractivity (Wildman–Crippen MR) is 79.6 cm³/mol. The second kappa shape index (κ2) is 6.39. The highest BCUT2D eigenvalue weighted by molar-refractivity contribution is 5.30. The highest BCUT2D eigenvalue weighted by Crippen LogP contribution is 2.16. The van der Waals surface area contributed by atoms with E-state index >= 15 is 0 Å². The van der Waals surface area contributed by atoms with E-state index in [4.69, 9.17) is 10.5 Å². The smallest absolute Gasteiger partial charge is 0.119 e. The minimum absolute atomic E-state index is 0.133. The van der Waals surface area contributed by atoms with Crippen LogP contribution in [-0.4, -0.2) is 13.2 Å². The molecule has 1 unspecified atom stereocenters. The summed E-state index contributed by atoms with van der Waals surface area (Å²) >= 11 is 0. The Hall–Kier alpha value is -1.80. The lowest BCUT2D eigenvalue weighted by Crippen LogP contribution is -2.25. The molecule has 0 saturated heterocycles. The number of rotatable bonds is 5. The number of benzene rings is 2.